The summed E-state index contributed by atoms with van der Waals surface area (Å²) in [6.45, 7) is 2.74. The van der Waals surface area contributed by atoms with Crippen LogP contribution in [0.4, 0.5) is 4.79 Å². The smallest absolute Gasteiger partial charge is 0.407 e. The lowest BCUT2D eigenvalue weighted by molar-refractivity contribution is -0.137. The number of methoxy groups -OCH3 is 1. The Kier molecular flexibility index (Phi) is 8.75. The summed E-state index contributed by atoms with van der Waals surface area (Å²) in [6.07, 6.45) is 0.475. The largest absolute Gasteiger partial charge is 0.481 e. The third-order valence-corrected chi connectivity index (χ3v) is 3.38. The van der Waals surface area contributed by atoms with Crippen LogP contribution in [-0.2, 0) is 20.9 Å². The maximum atomic E-state index is 11.9. The Bertz CT molecular complexity index is 477. The molecule has 2 unspecified atom stereocenters. The summed E-state index contributed by atoms with van der Waals surface area (Å²) in [5.41, 5.74) is 0.900. The Hall–Kier alpha value is -2.08. The highest BCUT2D eigenvalue weighted by Gasteiger charge is 2.18. The van der Waals surface area contributed by atoms with Crippen molar-refractivity contribution in [1.29, 1.82) is 0 Å². The van der Waals surface area contributed by atoms with E-state index in [9.17, 15) is 9.59 Å². The second kappa shape index (κ2) is 10.6. The second-order valence-electron chi connectivity index (χ2n) is 5.63. The number of carbonyl (C=O) groups excluding carboxylic acids is 1. The van der Waals surface area contributed by atoms with Gasteiger partial charge in [-0.1, -0.05) is 37.3 Å². The number of alkyl carbamates (subject to hydrolysis) is 1. The standard InChI is InChI=1S/C17H25NO5/c1-13(11-22-2)10-15(8-9-16(19)20)18-17(21)23-12-14-6-4-3-5-7-14/h3-7,13,15H,8-12H2,1-2H3,(H,18,21)(H,19,20). The topological polar surface area (TPSA) is 84.9 Å². The highest BCUT2D eigenvalue weighted by molar-refractivity contribution is 5.68. The van der Waals surface area contributed by atoms with Crippen molar-refractivity contribution >= 4 is 12.1 Å². The van der Waals surface area contributed by atoms with Crippen LogP contribution in [0.1, 0.15) is 31.7 Å². The van der Waals surface area contributed by atoms with Crippen LogP contribution in [0.5, 0.6) is 0 Å². The molecule has 0 aliphatic rings. The van der Waals surface area contributed by atoms with Crippen LogP contribution in [0.3, 0.4) is 0 Å². The van der Waals surface area contributed by atoms with Gasteiger partial charge in [-0.15, -0.1) is 0 Å². The molecular formula is C17H25NO5. The number of carboxylic acid groups (broad SMARTS) is 1. The lowest BCUT2D eigenvalue weighted by Gasteiger charge is -2.21. The summed E-state index contributed by atoms with van der Waals surface area (Å²) < 4.78 is 10.3. The Morgan fingerprint density at radius 1 is 1.26 bits per heavy atom. The molecule has 0 aliphatic heterocycles. The average Bonchev–Trinajstić information content (AvgIpc) is 2.52. The molecule has 0 heterocycles. The number of hydrogen-bond donors (Lipinski definition) is 2. The van der Waals surface area contributed by atoms with Gasteiger partial charge in [0, 0.05) is 26.2 Å². The third kappa shape index (κ3) is 8.83. The Balaban J connectivity index is 2.46. The minimum atomic E-state index is -0.881. The number of benzene rings is 1. The van der Waals surface area contributed by atoms with Crippen LogP contribution in [0, 0.1) is 5.92 Å². The number of carboxylic acids is 1. The molecule has 0 bridgehead atoms. The molecule has 23 heavy (non-hydrogen) atoms. The maximum absolute atomic E-state index is 11.9. The van der Waals surface area contributed by atoms with E-state index in [-0.39, 0.29) is 25.0 Å². The van der Waals surface area contributed by atoms with Gasteiger partial charge in [-0.25, -0.2) is 4.79 Å². The van der Waals surface area contributed by atoms with Gasteiger partial charge in [0.15, 0.2) is 0 Å². The van der Waals surface area contributed by atoms with Crippen LogP contribution in [-0.4, -0.2) is 36.9 Å². The number of nitrogens with one attached hydrogen (secondary N) is 1. The first-order valence-corrected chi connectivity index (χ1v) is 7.69. The minimum absolute atomic E-state index is 0.00331. The minimum Gasteiger partial charge on any atom is -0.481 e. The molecule has 128 valence electrons. The van der Waals surface area contributed by atoms with Gasteiger partial charge in [-0.2, -0.15) is 0 Å². The highest BCUT2D eigenvalue weighted by atomic mass is 16.5. The number of amides is 1. The molecule has 0 spiro atoms. The summed E-state index contributed by atoms with van der Waals surface area (Å²) in [4.78, 5) is 22.6. The Morgan fingerprint density at radius 3 is 2.57 bits per heavy atom. The molecule has 0 aliphatic carbocycles. The molecule has 0 saturated carbocycles. The molecular weight excluding hydrogens is 298 g/mol. The summed E-state index contributed by atoms with van der Waals surface area (Å²) in [6, 6.07) is 9.13. The zero-order valence-corrected chi connectivity index (χ0v) is 13.7. The Morgan fingerprint density at radius 2 is 1.96 bits per heavy atom. The van der Waals surface area contributed by atoms with Crippen molar-refractivity contribution in [3.8, 4) is 0 Å². The van der Waals surface area contributed by atoms with Crippen LogP contribution in [0.15, 0.2) is 30.3 Å². The zero-order valence-electron chi connectivity index (χ0n) is 13.7. The molecule has 0 saturated heterocycles. The van der Waals surface area contributed by atoms with Crippen LogP contribution in [0.25, 0.3) is 0 Å². The van der Waals surface area contributed by atoms with Crippen molar-refractivity contribution in [3.05, 3.63) is 35.9 Å². The highest BCUT2D eigenvalue weighted by Crippen LogP contribution is 2.12. The van der Waals surface area contributed by atoms with Gasteiger partial charge < -0.3 is 19.9 Å². The van der Waals surface area contributed by atoms with Crippen molar-refractivity contribution in [2.75, 3.05) is 13.7 Å². The lowest BCUT2D eigenvalue weighted by atomic mass is 9.99. The van der Waals surface area contributed by atoms with Gasteiger partial charge in [0.2, 0.25) is 0 Å². The predicted molar refractivity (Wildman–Crippen MR) is 86.1 cm³/mol. The van der Waals surface area contributed by atoms with Crippen molar-refractivity contribution in [2.45, 2.75) is 38.8 Å². The van der Waals surface area contributed by atoms with E-state index in [1.807, 2.05) is 37.3 Å². The number of rotatable bonds is 10. The van der Waals surface area contributed by atoms with Gasteiger partial charge in [-0.05, 0) is 24.3 Å². The van der Waals surface area contributed by atoms with E-state index in [4.69, 9.17) is 14.6 Å². The summed E-state index contributed by atoms with van der Waals surface area (Å²) in [5.74, 6) is -0.665. The fourth-order valence-corrected chi connectivity index (χ4v) is 2.32. The van der Waals surface area contributed by atoms with Gasteiger partial charge >= 0.3 is 12.1 Å². The molecule has 1 aromatic rings. The first-order valence-electron chi connectivity index (χ1n) is 7.69. The van der Waals surface area contributed by atoms with E-state index in [1.54, 1.807) is 7.11 Å². The normalized spacial score (nSPS) is 13.1. The molecule has 1 rings (SSSR count). The first kappa shape index (κ1) is 19.0. The van der Waals surface area contributed by atoms with Gasteiger partial charge in [0.25, 0.3) is 0 Å². The van der Waals surface area contributed by atoms with E-state index < -0.39 is 12.1 Å². The fraction of sp³-hybridized carbons (Fsp3) is 0.529. The fourth-order valence-electron chi connectivity index (χ4n) is 2.32. The van der Waals surface area contributed by atoms with Crippen molar-refractivity contribution in [3.63, 3.8) is 0 Å². The summed E-state index contributed by atoms with van der Waals surface area (Å²) >= 11 is 0. The molecule has 1 aromatic carbocycles. The zero-order chi connectivity index (χ0) is 17.1. The second-order valence-corrected chi connectivity index (χ2v) is 5.63. The molecule has 2 atom stereocenters. The molecule has 1 amide bonds. The molecule has 0 aromatic heterocycles. The van der Waals surface area contributed by atoms with E-state index in [0.29, 0.717) is 19.4 Å². The average molecular weight is 323 g/mol. The quantitative estimate of drug-likeness (QED) is 0.691. The monoisotopic (exact) mass is 323 g/mol. The van der Waals surface area contributed by atoms with Crippen LogP contribution >= 0.6 is 0 Å². The van der Waals surface area contributed by atoms with Gasteiger partial charge in [0.05, 0.1) is 0 Å². The van der Waals surface area contributed by atoms with Crippen molar-refractivity contribution in [2.24, 2.45) is 5.92 Å². The van der Waals surface area contributed by atoms with E-state index in [0.717, 1.165) is 5.56 Å². The predicted octanol–water partition coefficient (Wildman–Crippen LogP) is 2.82. The van der Waals surface area contributed by atoms with E-state index in [2.05, 4.69) is 5.32 Å². The van der Waals surface area contributed by atoms with Gasteiger partial charge in [-0.3, -0.25) is 4.79 Å². The van der Waals surface area contributed by atoms with Gasteiger partial charge in [0.1, 0.15) is 6.61 Å². The van der Waals surface area contributed by atoms with Crippen molar-refractivity contribution < 1.29 is 24.2 Å². The summed E-state index contributed by atoms with van der Waals surface area (Å²) in [7, 11) is 1.62. The molecule has 6 heteroatoms. The molecule has 6 nitrogen and oxygen atoms in total. The Labute approximate surface area is 136 Å². The maximum Gasteiger partial charge on any atom is 0.407 e. The summed E-state index contributed by atoms with van der Waals surface area (Å²) in [5, 5.41) is 11.6. The lowest BCUT2D eigenvalue weighted by Crippen LogP contribution is -2.37. The SMILES string of the molecule is COCC(C)CC(CCC(=O)O)NC(=O)OCc1ccccc1. The number of hydrogen-bond acceptors (Lipinski definition) is 4. The van der Waals surface area contributed by atoms with E-state index in [1.165, 1.54) is 0 Å². The van der Waals surface area contributed by atoms with Crippen LogP contribution < -0.4 is 5.32 Å². The first-order chi connectivity index (χ1) is 11.0. The van der Waals surface area contributed by atoms with E-state index >= 15 is 0 Å². The third-order valence-electron chi connectivity index (χ3n) is 3.38. The molecule has 0 radical (unpaired) electrons. The number of aliphatic carboxylic acids is 1. The number of carbonyl (C=O) groups is 2. The molecule has 2 N–H and O–H groups in total. The van der Waals surface area contributed by atoms with Crippen molar-refractivity contribution in [1.82, 2.24) is 5.32 Å². The number of ether oxygens (including phenoxy) is 2. The molecule has 0 fully saturated rings. The van der Waals surface area contributed by atoms with Crippen LogP contribution in [0.2, 0.25) is 0 Å².